The number of pyridine rings is 1. The van der Waals surface area contributed by atoms with Crippen LogP contribution in [0.5, 0.6) is 0 Å². The highest BCUT2D eigenvalue weighted by molar-refractivity contribution is 7.90. The van der Waals surface area contributed by atoms with Gasteiger partial charge in [-0.2, -0.15) is 0 Å². The summed E-state index contributed by atoms with van der Waals surface area (Å²) in [6.45, 7) is 1.90. The molecule has 1 aromatic carbocycles. The molecule has 0 aliphatic heterocycles. The molecule has 7 heteroatoms. The van der Waals surface area contributed by atoms with E-state index < -0.39 is 10.0 Å². The number of aryl methyl sites for hydroxylation is 1. The van der Waals surface area contributed by atoms with Crippen molar-refractivity contribution in [2.45, 2.75) is 11.8 Å². The van der Waals surface area contributed by atoms with Crippen molar-refractivity contribution in [3.05, 3.63) is 48.3 Å². The zero-order chi connectivity index (χ0) is 15.2. The molecule has 0 unspecified atom stereocenters. The third kappa shape index (κ3) is 2.02. The molecule has 0 radical (unpaired) electrons. The van der Waals surface area contributed by atoms with Crippen LogP contribution in [0, 0.1) is 6.92 Å². The summed E-state index contributed by atoms with van der Waals surface area (Å²) < 4.78 is 26.4. The third-order valence-electron chi connectivity index (χ3n) is 3.33. The standard InChI is InChI=1S/C14H14N4O2S/c1-9-2-4-10(5-3-9)21(19,20)18-7-6-11-13(16)12(15)8-17-14(11)18/h2-8H,15H2,1H3,(H2,16,17). The highest BCUT2D eigenvalue weighted by atomic mass is 32.2. The van der Waals surface area contributed by atoms with Gasteiger partial charge in [-0.3, -0.25) is 0 Å². The fourth-order valence-corrected chi connectivity index (χ4v) is 3.42. The van der Waals surface area contributed by atoms with Crippen molar-refractivity contribution >= 4 is 32.4 Å². The topological polar surface area (TPSA) is 104 Å². The number of fused-ring (bicyclic) bond motifs is 1. The zero-order valence-corrected chi connectivity index (χ0v) is 12.1. The predicted octanol–water partition coefficient (Wildman–Crippen LogP) is 1.75. The maximum absolute atomic E-state index is 12.7. The number of hydrogen-bond donors (Lipinski definition) is 2. The van der Waals surface area contributed by atoms with E-state index in [1.54, 1.807) is 30.3 Å². The fraction of sp³-hybridized carbons (Fsp3) is 0.0714. The minimum atomic E-state index is -3.71. The smallest absolute Gasteiger partial charge is 0.269 e. The van der Waals surface area contributed by atoms with E-state index in [-0.39, 0.29) is 10.5 Å². The molecule has 0 amide bonds. The molecule has 2 aromatic heterocycles. The van der Waals surface area contributed by atoms with E-state index in [1.807, 2.05) is 6.92 Å². The summed E-state index contributed by atoms with van der Waals surface area (Å²) in [6, 6.07) is 8.23. The van der Waals surface area contributed by atoms with Crippen molar-refractivity contribution in [1.82, 2.24) is 8.96 Å². The van der Waals surface area contributed by atoms with Crippen LogP contribution >= 0.6 is 0 Å². The molecule has 4 N–H and O–H groups in total. The highest BCUT2D eigenvalue weighted by Gasteiger charge is 2.20. The molecule has 3 aromatic rings. The largest absolute Gasteiger partial charge is 0.396 e. The van der Waals surface area contributed by atoms with Gasteiger partial charge in [0.05, 0.1) is 22.5 Å². The maximum Gasteiger partial charge on any atom is 0.269 e. The van der Waals surface area contributed by atoms with Crippen molar-refractivity contribution in [1.29, 1.82) is 0 Å². The lowest BCUT2D eigenvalue weighted by molar-refractivity contribution is 0.589. The highest BCUT2D eigenvalue weighted by Crippen LogP contribution is 2.28. The second-order valence-corrected chi connectivity index (χ2v) is 6.61. The van der Waals surface area contributed by atoms with Gasteiger partial charge in [0.25, 0.3) is 10.0 Å². The molecule has 2 heterocycles. The molecule has 0 aliphatic carbocycles. The van der Waals surface area contributed by atoms with Crippen LogP contribution in [0.4, 0.5) is 11.4 Å². The number of anilines is 2. The van der Waals surface area contributed by atoms with Gasteiger partial charge < -0.3 is 11.5 Å². The van der Waals surface area contributed by atoms with Crippen molar-refractivity contribution in [2.75, 3.05) is 11.5 Å². The third-order valence-corrected chi connectivity index (χ3v) is 5.01. The van der Waals surface area contributed by atoms with Gasteiger partial charge in [-0.25, -0.2) is 17.4 Å². The Kier molecular flexibility index (Phi) is 2.87. The summed E-state index contributed by atoms with van der Waals surface area (Å²) in [6.07, 6.45) is 2.79. The number of nitrogens with two attached hydrogens (primary N) is 2. The molecule has 6 nitrogen and oxygen atoms in total. The molecule has 0 atom stereocenters. The first-order valence-corrected chi connectivity index (χ1v) is 7.68. The summed E-state index contributed by atoms with van der Waals surface area (Å²) >= 11 is 0. The van der Waals surface area contributed by atoms with Crippen LogP contribution in [-0.4, -0.2) is 17.4 Å². The van der Waals surface area contributed by atoms with Crippen LogP contribution in [0.25, 0.3) is 11.0 Å². The Bertz CT molecular complexity index is 928. The van der Waals surface area contributed by atoms with Gasteiger partial charge in [0.15, 0.2) is 5.65 Å². The quantitative estimate of drug-likeness (QED) is 0.750. The summed E-state index contributed by atoms with van der Waals surface area (Å²) in [5, 5.41) is 0.519. The van der Waals surface area contributed by atoms with Crippen molar-refractivity contribution in [3.63, 3.8) is 0 Å². The Morgan fingerprint density at radius 1 is 1.10 bits per heavy atom. The maximum atomic E-state index is 12.7. The first-order chi connectivity index (χ1) is 9.91. The summed E-state index contributed by atoms with van der Waals surface area (Å²) in [5.74, 6) is 0. The van der Waals surface area contributed by atoms with E-state index in [0.717, 1.165) is 9.54 Å². The van der Waals surface area contributed by atoms with Crippen LogP contribution in [0.15, 0.2) is 47.6 Å². The van der Waals surface area contributed by atoms with E-state index in [4.69, 9.17) is 11.5 Å². The van der Waals surface area contributed by atoms with Crippen LogP contribution < -0.4 is 11.5 Å². The first-order valence-electron chi connectivity index (χ1n) is 6.24. The first kappa shape index (κ1) is 13.4. The summed E-state index contributed by atoms with van der Waals surface area (Å²) in [7, 11) is -3.71. The lowest BCUT2D eigenvalue weighted by Gasteiger charge is -2.08. The second kappa shape index (κ2) is 4.49. The van der Waals surface area contributed by atoms with E-state index in [2.05, 4.69) is 4.98 Å². The average Bonchev–Trinajstić information content (AvgIpc) is 2.89. The molecule has 0 saturated carbocycles. The molecule has 0 bridgehead atoms. The monoisotopic (exact) mass is 302 g/mol. The predicted molar refractivity (Wildman–Crippen MR) is 82.3 cm³/mol. The Balaban J connectivity index is 2.25. The number of nitrogen functional groups attached to an aromatic ring is 2. The number of aromatic nitrogens is 2. The molecule has 108 valence electrons. The molecule has 0 aliphatic rings. The van der Waals surface area contributed by atoms with Gasteiger partial charge in [-0.1, -0.05) is 17.7 Å². The van der Waals surface area contributed by atoms with Crippen LogP contribution in [0.3, 0.4) is 0 Å². The molecule has 0 fully saturated rings. The number of hydrogen-bond acceptors (Lipinski definition) is 5. The summed E-state index contributed by atoms with van der Waals surface area (Å²) in [5.41, 5.74) is 13.5. The minimum Gasteiger partial charge on any atom is -0.396 e. The van der Waals surface area contributed by atoms with Crippen LogP contribution in [0.2, 0.25) is 0 Å². The van der Waals surface area contributed by atoms with E-state index in [9.17, 15) is 8.42 Å². The van der Waals surface area contributed by atoms with Gasteiger partial charge in [0.1, 0.15) is 0 Å². The van der Waals surface area contributed by atoms with Crippen LogP contribution in [0.1, 0.15) is 5.56 Å². The molecule has 0 saturated heterocycles. The number of benzene rings is 1. The fourth-order valence-electron chi connectivity index (χ4n) is 2.12. The molecular formula is C14H14N4O2S. The van der Waals surface area contributed by atoms with E-state index in [1.165, 1.54) is 12.4 Å². The number of rotatable bonds is 2. The second-order valence-electron chi connectivity index (χ2n) is 4.79. The lowest BCUT2D eigenvalue weighted by Crippen LogP contribution is -2.12. The van der Waals surface area contributed by atoms with Crippen molar-refractivity contribution < 1.29 is 8.42 Å². The van der Waals surface area contributed by atoms with E-state index in [0.29, 0.717) is 16.8 Å². The SMILES string of the molecule is Cc1ccc(S(=O)(=O)n2ccc3c(N)c(N)cnc32)cc1. The Labute approximate surface area is 122 Å². The van der Waals surface area contributed by atoms with Crippen molar-refractivity contribution in [3.8, 4) is 0 Å². The normalized spacial score (nSPS) is 11.9. The Hall–Kier alpha value is -2.54. The van der Waals surface area contributed by atoms with Crippen molar-refractivity contribution in [2.24, 2.45) is 0 Å². The lowest BCUT2D eigenvalue weighted by atomic mass is 10.2. The van der Waals surface area contributed by atoms with Gasteiger partial charge in [0.2, 0.25) is 0 Å². The Morgan fingerprint density at radius 2 is 1.76 bits per heavy atom. The zero-order valence-electron chi connectivity index (χ0n) is 11.3. The van der Waals surface area contributed by atoms with Gasteiger partial charge in [-0.15, -0.1) is 0 Å². The van der Waals surface area contributed by atoms with E-state index >= 15 is 0 Å². The molecule has 0 spiro atoms. The minimum absolute atomic E-state index is 0.197. The van der Waals surface area contributed by atoms with Gasteiger partial charge in [-0.05, 0) is 25.1 Å². The average molecular weight is 302 g/mol. The summed E-state index contributed by atoms with van der Waals surface area (Å²) in [4.78, 5) is 4.29. The molecular weight excluding hydrogens is 288 g/mol. The van der Waals surface area contributed by atoms with Gasteiger partial charge >= 0.3 is 0 Å². The molecule has 21 heavy (non-hydrogen) atoms. The van der Waals surface area contributed by atoms with Gasteiger partial charge in [0, 0.05) is 11.6 Å². The Morgan fingerprint density at radius 3 is 2.43 bits per heavy atom. The molecule has 3 rings (SSSR count). The van der Waals surface area contributed by atoms with Crippen LogP contribution in [-0.2, 0) is 10.0 Å². The number of nitrogens with zero attached hydrogens (tertiary/aromatic N) is 2.